The average Bonchev–Trinajstić information content (AvgIpc) is 3.27. The lowest BCUT2D eigenvalue weighted by Crippen LogP contribution is -2.41. The zero-order valence-electron chi connectivity index (χ0n) is 15.2. The summed E-state index contributed by atoms with van der Waals surface area (Å²) < 4.78 is 4.01. The topological polar surface area (TPSA) is 56.0 Å². The van der Waals surface area contributed by atoms with Crippen molar-refractivity contribution in [2.24, 2.45) is 0 Å². The summed E-state index contributed by atoms with van der Waals surface area (Å²) in [6.07, 6.45) is 7.59. The fourth-order valence-electron chi connectivity index (χ4n) is 3.76. The monoisotopic (exact) mass is 349 g/mol. The van der Waals surface area contributed by atoms with Crippen molar-refractivity contribution in [3.05, 3.63) is 66.0 Å². The smallest absolute Gasteiger partial charge is 0.257 e. The third-order valence-corrected chi connectivity index (χ3v) is 5.18. The molecule has 1 saturated heterocycles. The van der Waals surface area contributed by atoms with Gasteiger partial charge in [-0.05, 0) is 38.8 Å². The average molecular weight is 349 g/mol. The highest BCUT2D eigenvalue weighted by Gasteiger charge is 2.28. The number of likely N-dealkylation sites (tertiary alicyclic amines) is 1. The van der Waals surface area contributed by atoms with Crippen molar-refractivity contribution < 1.29 is 4.79 Å². The van der Waals surface area contributed by atoms with E-state index in [1.807, 2.05) is 66.2 Å². The van der Waals surface area contributed by atoms with Gasteiger partial charge >= 0.3 is 0 Å². The van der Waals surface area contributed by atoms with Gasteiger partial charge in [-0.1, -0.05) is 18.2 Å². The Morgan fingerprint density at radius 2 is 2.00 bits per heavy atom. The van der Waals surface area contributed by atoms with Crippen molar-refractivity contribution in [2.75, 3.05) is 13.1 Å². The molecule has 2 aromatic heterocycles. The third kappa shape index (κ3) is 2.92. The van der Waals surface area contributed by atoms with Crippen molar-refractivity contribution in [1.82, 2.24) is 24.2 Å². The van der Waals surface area contributed by atoms with Crippen LogP contribution in [0, 0.1) is 13.8 Å². The lowest BCUT2D eigenvalue weighted by atomic mass is 10.0. The molecular formula is C20H23N5O. The Hall–Kier alpha value is -2.89. The van der Waals surface area contributed by atoms with Crippen molar-refractivity contribution in [3.8, 4) is 5.69 Å². The molecule has 3 heterocycles. The van der Waals surface area contributed by atoms with Crippen molar-refractivity contribution in [1.29, 1.82) is 0 Å². The molecule has 0 spiro atoms. The molecule has 0 bridgehead atoms. The molecule has 26 heavy (non-hydrogen) atoms. The summed E-state index contributed by atoms with van der Waals surface area (Å²) in [7, 11) is 0. The lowest BCUT2D eigenvalue weighted by Gasteiger charge is -2.33. The van der Waals surface area contributed by atoms with Crippen molar-refractivity contribution >= 4 is 5.91 Å². The molecule has 3 aromatic rings. The minimum absolute atomic E-state index is 0.0622. The van der Waals surface area contributed by atoms with Crippen molar-refractivity contribution in [3.63, 3.8) is 0 Å². The van der Waals surface area contributed by atoms with Crippen LogP contribution in [0.5, 0.6) is 0 Å². The van der Waals surface area contributed by atoms with Crippen molar-refractivity contribution in [2.45, 2.75) is 32.7 Å². The summed E-state index contributed by atoms with van der Waals surface area (Å²) in [5, 5.41) is 4.44. The minimum Gasteiger partial charge on any atom is -0.336 e. The van der Waals surface area contributed by atoms with E-state index in [1.165, 1.54) is 0 Å². The number of hydrogen-bond acceptors (Lipinski definition) is 3. The fraction of sp³-hybridized carbons (Fsp3) is 0.350. The van der Waals surface area contributed by atoms with Crippen LogP contribution in [-0.2, 0) is 0 Å². The minimum atomic E-state index is 0.0622. The second kappa shape index (κ2) is 6.78. The van der Waals surface area contributed by atoms with Crippen LogP contribution in [0.1, 0.15) is 40.8 Å². The van der Waals surface area contributed by atoms with Crippen LogP contribution in [0.25, 0.3) is 5.69 Å². The fourth-order valence-corrected chi connectivity index (χ4v) is 3.76. The first-order chi connectivity index (χ1) is 12.6. The number of carbonyl (C=O) groups excluding carboxylic acids is 1. The van der Waals surface area contributed by atoms with Crippen LogP contribution in [0.15, 0.2) is 48.9 Å². The van der Waals surface area contributed by atoms with E-state index in [9.17, 15) is 4.79 Å². The van der Waals surface area contributed by atoms with Gasteiger partial charge in [0.2, 0.25) is 0 Å². The molecule has 0 N–H and O–H groups in total. The Kier molecular flexibility index (Phi) is 4.32. The number of benzene rings is 1. The molecule has 0 aliphatic carbocycles. The molecule has 1 atom stereocenters. The number of hydrogen-bond donors (Lipinski definition) is 0. The predicted octanol–water partition coefficient (Wildman–Crippen LogP) is 3.16. The van der Waals surface area contributed by atoms with E-state index in [0.29, 0.717) is 18.2 Å². The van der Waals surface area contributed by atoms with E-state index in [4.69, 9.17) is 0 Å². The number of amides is 1. The number of nitrogens with zero attached hydrogens (tertiary/aromatic N) is 5. The number of para-hydroxylation sites is 1. The van der Waals surface area contributed by atoms with Crippen LogP contribution < -0.4 is 0 Å². The Bertz CT molecular complexity index is 911. The SMILES string of the molecule is Cc1nccn1C1CCCN(C(=O)c2cnn(-c3ccccc3)c2C)C1. The van der Waals surface area contributed by atoms with Crippen LogP contribution in [-0.4, -0.2) is 43.2 Å². The first-order valence-corrected chi connectivity index (χ1v) is 9.04. The van der Waals surface area contributed by atoms with E-state index in [1.54, 1.807) is 6.20 Å². The van der Waals surface area contributed by atoms with Gasteiger partial charge < -0.3 is 9.47 Å². The summed E-state index contributed by atoms with van der Waals surface area (Å²) in [5.41, 5.74) is 2.52. The molecule has 134 valence electrons. The summed E-state index contributed by atoms with van der Waals surface area (Å²) in [4.78, 5) is 19.4. The first kappa shape index (κ1) is 16.6. The molecule has 0 radical (unpaired) electrons. The zero-order chi connectivity index (χ0) is 18.1. The standard InChI is InChI=1S/C20H23N5O/c1-15-19(13-22-25(15)17-7-4-3-5-8-17)20(26)23-11-6-9-18(14-23)24-12-10-21-16(24)2/h3-5,7-8,10,12-13,18H,6,9,11,14H2,1-2H3. The molecule has 1 amide bonds. The van der Waals surface area contributed by atoms with Gasteiger partial charge in [0.1, 0.15) is 5.82 Å². The largest absolute Gasteiger partial charge is 0.336 e. The van der Waals surface area contributed by atoms with Gasteiger partial charge in [-0.15, -0.1) is 0 Å². The summed E-state index contributed by atoms with van der Waals surface area (Å²) in [6.45, 7) is 5.47. The maximum absolute atomic E-state index is 13.1. The van der Waals surface area contributed by atoms with Crippen LogP contribution in [0.3, 0.4) is 0 Å². The van der Waals surface area contributed by atoms with Gasteiger partial charge in [0.15, 0.2) is 0 Å². The van der Waals surface area contributed by atoms with Crippen LogP contribution in [0.2, 0.25) is 0 Å². The first-order valence-electron chi connectivity index (χ1n) is 9.04. The lowest BCUT2D eigenvalue weighted by molar-refractivity contribution is 0.0677. The van der Waals surface area contributed by atoms with Gasteiger partial charge in [0.05, 0.1) is 29.2 Å². The summed E-state index contributed by atoms with van der Waals surface area (Å²) in [5.74, 6) is 1.06. The van der Waals surface area contributed by atoms with E-state index in [2.05, 4.69) is 14.6 Å². The van der Waals surface area contributed by atoms with E-state index >= 15 is 0 Å². The maximum atomic E-state index is 13.1. The molecule has 1 unspecified atom stereocenters. The second-order valence-corrected chi connectivity index (χ2v) is 6.82. The van der Waals surface area contributed by atoms with Gasteiger partial charge in [-0.2, -0.15) is 5.10 Å². The number of rotatable bonds is 3. The van der Waals surface area contributed by atoms with E-state index in [0.717, 1.165) is 36.6 Å². The number of imidazole rings is 1. The van der Waals surface area contributed by atoms with E-state index in [-0.39, 0.29) is 5.91 Å². The molecular weight excluding hydrogens is 326 g/mol. The van der Waals surface area contributed by atoms with Gasteiger partial charge in [-0.3, -0.25) is 4.79 Å². The van der Waals surface area contributed by atoms with E-state index < -0.39 is 0 Å². The number of aryl methyl sites for hydroxylation is 1. The Balaban J connectivity index is 1.56. The highest BCUT2D eigenvalue weighted by atomic mass is 16.2. The Labute approximate surface area is 153 Å². The third-order valence-electron chi connectivity index (χ3n) is 5.18. The normalized spacial score (nSPS) is 17.5. The Morgan fingerprint density at radius 3 is 2.73 bits per heavy atom. The molecule has 1 fully saturated rings. The van der Waals surface area contributed by atoms with Gasteiger partial charge in [0.25, 0.3) is 5.91 Å². The molecule has 1 aromatic carbocycles. The number of piperidine rings is 1. The molecule has 1 aliphatic rings. The highest BCUT2D eigenvalue weighted by molar-refractivity contribution is 5.95. The quantitative estimate of drug-likeness (QED) is 0.730. The van der Waals surface area contributed by atoms with Crippen LogP contribution in [0.4, 0.5) is 0 Å². The molecule has 4 rings (SSSR count). The predicted molar refractivity (Wildman–Crippen MR) is 99.4 cm³/mol. The summed E-state index contributed by atoms with van der Waals surface area (Å²) in [6, 6.07) is 10.2. The zero-order valence-corrected chi connectivity index (χ0v) is 15.2. The second-order valence-electron chi connectivity index (χ2n) is 6.82. The van der Waals surface area contributed by atoms with Crippen LogP contribution >= 0.6 is 0 Å². The molecule has 1 aliphatic heterocycles. The number of aromatic nitrogens is 4. The Morgan fingerprint density at radius 1 is 1.19 bits per heavy atom. The molecule has 6 nitrogen and oxygen atoms in total. The maximum Gasteiger partial charge on any atom is 0.257 e. The highest BCUT2D eigenvalue weighted by Crippen LogP contribution is 2.25. The van der Waals surface area contributed by atoms with Gasteiger partial charge in [0, 0.05) is 25.5 Å². The molecule has 6 heteroatoms. The summed E-state index contributed by atoms with van der Waals surface area (Å²) >= 11 is 0. The van der Waals surface area contributed by atoms with Gasteiger partial charge in [-0.25, -0.2) is 9.67 Å². The number of carbonyl (C=O) groups is 1. The molecule has 0 saturated carbocycles.